The number of carbonyl (C=O) groups is 1. The van der Waals surface area contributed by atoms with Gasteiger partial charge in [-0.25, -0.2) is 18.0 Å². The lowest BCUT2D eigenvalue weighted by Crippen LogP contribution is -2.44. The van der Waals surface area contributed by atoms with Crippen LogP contribution >= 0.6 is 0 Å². The van der Waals surface area contributed by atoms with Gasteiger partial charge in [-0.2, -0.15) is 4.72 Å². The Kier molecular flexibility index (Phi) is 7.43. The predicted molar refractivity (Wildman–Crippen MR) is 166 cm³/mol. The minimum absolute atomic E-state index is 0.0342. The normalized spacial score (nSPS) is 12.4. The van der Waals surface area contributed by atoms with E-state index in [0.29, 0.717) is 16.5 Å². The van der Waals surface area contributed by atoms with Crippen molar-refractivity contribution < 1.29 is 22.4 Å². The average molecular weight is 593 g/mol. The van der Waals surface area contributed by atoms with E-state index in [1.165, 1.54) is 18.2 Å². The molecule has 2 aromatic heterocycles. The van der Waals surface area contributed by atoms with E-state index >= 15 is 0 Å². The Morgan fingerprint density at radius 1 is 0.907 bits per heavy atom. The van der Waals surface area contributed by atoms with Crippen LogP contribution in [0.1, 0.15) is 16.7 Å². The highest BCUT2D eigenvalue weighted by molar-refractivity contribution is 7.89. The number of ether oxygens (including phenoxy) is 1. The van der Waals surface area contributed by atoms with Crippen LogP contribution in [0.3, 0.4) is 0 Å². The number of hydrogen-bond acceptors (Lipinski definition) is 6. The van der Waals surface area contributed by atoms with E-state index in [4.69, 9.17) is 9.15 Å². The van der Waals surface area contributed by atoms with Crippen LogP contribution < -0.4 is 15.1 Å². The summed E-state index contributed by atoms with van der Waals surface area (Å²) in [6, 6.07) is 26.9. The molecule has 0 bridgehead atoms. The highest BCUT2D eigenvalue weighted by Crippen LogP contribution is 2.33. The van der Waals surface area contributed by atoms with Crippen LogP contribution in [0.2, 0.25) is 0 Å². The topological polar surface area (TPSA) is 118 Å². The van der Waals surface area contributed by atoms with Crippen molar-refractivity contribution in [3.63, 3.8) is 0 Å². The molecule has 0 amide bonds. The standard InChI is InChI=1S/C34H28N2O6S/c1-21-12-14-25(15-13-21)43(39,40)36-30(18-24-20-35-29-11-7-6-10-26(24)29)34(38)41-31-17-16-27-28(23-8-4-3-5-9-23)19-32(37)42-33(27)22(31)2/h3-17,19-20,30,35-36H,18H2,1-2H3. The molecule has 1 unspecified atom stereocenters. The number of carbonyl (C=O) groups excluding carboxylic acids is 1. The van der Waals surface area contributed by atoms with Crippen molar-refractivity contribution in [2.24, 2.45) is 0 Å². The predicted octanol–water partition coefficient (Wildman–Crippen LogP) is 6.05. The summed E-state index contributed by atoms with van der Waals surface area (Å²) >= 11 is 0. The molecule has 6 aromatic rings. The molecule has 0 saturated heterocycles. The molecule has 0 aliphatic carbocycles. The van der Waals surface area contributed by atoms with Gasteiger partial charge >= 0.3 is 11.6 Å². The van der Waals surface area contributed by atoms with Crippen LogP contribution in [-0.4, -0.2) is 25.4 Å². The van der Waals surface area contributed by atoms with Gasteiger partial charge in [-0.3, -0.25) is 0 Å². The van der Waals surface area contributed by atoms with E-state index in [9.17, 15) is 18.0 Å². The first kappa shape index (κ1) is 28.1. The van der Waals surface area contributed by atoms with Crippen molar-refractivity contribution in [1.29, 1.82) is 0 Å². The number of H-pyrrole nitrogens is 1. The van der Waals surface area contributed by atoms with Crippen molar-refractivity contribution in [2.45, 2.75) is 31.2 Å². The van der Waals surface area contributed by atoms with Gasteiger partial charge in [0.1, 0.15) is 17.4 Å². The van der Waals surface area contributed by atoms with Crippen LogP contribution in [0.15, 0.2) is 117 Å². The summed E-state index contributed by atoms with van der Waals surface area (Å²) < 4.78 is 40.7. The molecule has 0 radical (unpaired) electrons. The molecule has 4 aromatic carbocycles. The Labute approximate surface area is 248 Å². The Balaban J connectivity index is 1.36. The SMILES string of the molecule is Cc1ccc(S(=O)(=O)NC(Cc2c[nH]c3ccccc23)C(=O)Oc2ccc3c(-c4ccccc4)cc(=O)oc3c2C)cc1. The van der Waals surface area contributed by atoms with E-state index < -0.39 is 27.7 Å². The molecule has 0 aliphatic heterocycles. The maximum atomic E-state index is 13.7. The number of aromatic amines is 1. The van der Waals surface area contributed by atoms with Gasteiger partial charge in [0.2, 0.25) is 10.0 Å². The van der Waals surface area contributed by atoms with E-state index in [1.54, 1.807) is 37.4 Å². The third kappa shape index (κ3) is 5.73. The molecule has 43 heavy (non-hydrogen) atoms. The van der Waals surface area contributed by atoms with Gasteiger partial charge in [-0.05, 0) is 60.9 Å². The average Bonchev–Trinajstić information content (AvgIpc) is 3.41. The molecule has 0 saturated carbocycles. The Morgan fingerprint density at radius 3 is 2.40 bits per heavy atom. The van der Waals surface area contributed by atoms with Gasteiger partial charge in [0.05, 0.1) is 4.90 Å². The monoisotopic (exact) mass is 592 g/mol. The fourth-order valence-corrected chi connectivity index (χ4v) is 6.34. The minimum atomic E-state index is -4.08. The lowest BCUT2D eigenvalue weighted by molar-refractivity contribution is -0.136. The highest BCUT2D eigenvalue weighted by Gasteiger charge is 2.29. The Morgan fingerprint density at radius 2 is 1.63 bits per heavy atom. The summed E-state index contributed by atoms with van der Waals surface area (Å²) in [5.74, 6) is -0.644. The van der Waals surface area contributed by atoms with Crippen LogP contribution in [0.5, 0.6) is 5.75 Å². The zero-order valence-electron chi connectivity index (χ0n) is 23.5. The lowest BCUT2D eigenvalue weighted by atomic mass is 10.00. The number of rotatable bonds is 8. The van der Waals surface area contributed by atoms with Gasteiger partial charge in [-0.15, -0.1) is 0 Å². The number of aryl methyl sites for hydroxylation is 2. The zero-order valence-corrected chi connectivity index (χ0v) is 24.3. The van der Waals surface area contributed by atoms with Gasteiger partial charge in [0, 0.05) is 40.5 Å². The number of hydrogen-bond donors (Lipinski definition) is 2. The first-order valence-corrected chi connectivity index (χ1v) is 15.2. The maximum absolute atomic E-state index is 13.7. The molecule has 216 valence electrons. The number of nitrogens with one attached hydrogen (secondary N) is 2. The van der Waals surface area contributed by atoms with Gasteiger partial charge in [0.25, 0.3) is 0 Å². The minimum Gasteiger partial charge on any atom is -0.425 e. The number of fused-ring (bicyclic) bond motifs is 2. The fraction of sp³-hybridized carbons (Fsp3) is 0.118. The molecule has 8 nitrogen and oxygen atoms in total. The number of para-hydroxylation sites is 1. The molecule has 0 spiro atoms. The molecule has 1 atom stereocenters. The second-order valence-corrected chi connectivity index (χ2v) is 12.1. The van der Waals surface area contributed by atoms with E-state index in [2.05, 4.69) is 9.71 Å². The summed E-state index contributed by atoms with van der Waals surface area (Å²) in [7, 11) is -4.08. The molecular formula is C34H28N2O6S. The number of aromatic nitrogens is 1. The fourth-order valence-electron chi connectivity index (χ4n) is 5.16. The van der Waals surface area contributed by atoms with Crippen LogP contribution in [0, 0.1) is 13.8 Å². The third-order valence-corrected chi connectivity index (χ3v) is 8.91. The number of sulfonamides is 1. The first-order valence-electron chi connectivity index (χ1n) is 13.7. The van der Waals surface area contributed by atoms with E-state index in [0.717, 1.165) is 27.6 Å². The molecule has 2 heterocycles. The molecule has 9 heteroatoms. The second-order valence-electron chi connectivity index (χ2n) is 10.4. The van der Waals surface area contributed by atoms with E-state index in [-0.39, 0.29) is 22.6 Å². The summed E-state index contributed by atoms with van der Waals surface area (Å²) in [5, 5.41) is 1.55. The lowest BCUT2D eigenvalue weighted by Gasteiger charge is -2.19. The van der Waals surface area contributed by atoms with Crippen molar-refractivity contribution in [2.75, 3.05) is 0 Å². The summed E-state index contributed by atoms with van der Waals surface area (Å²) in [5.41, 5.74) is 4.23. The van der Waals surface area contributed by atoms with Gasteiger partial charge < -0.3 is 14.1 Å². The zero-order chi connectivity index (χ0) is 30.1. The van der Waals surface area contributed by atoms with Crippen LogP contribution in [-0.2, 0) is 21.2 Å². The Bertz CT molecular complexity index is 2130. The Hall–Kier alpha value is -4.99. The van der Waals surface area contributed by atoms with Crippen molar-refractivity contribution in [3.8, 4) is 16.9 Å². The van der Waals surface area contributed by atoms with Gasteiger partial charge in [-0.1, -0.05) is 66.2 Å². The second kappa shape index (κ2) is 11.4. The van der Waals surface area contributed by atoms with Crippen LogP contribution in [0.4, 0.5) is 0 Å². The quantitative estimate of drug-likeness (QED) is 0.126. The van der Waals surface area contributed by atoms with Crippen molar-refractivity contribution >= 4 is 37.9 Å². The van der Waals surface area contributed by atoms with Crippen molar-refractivity contribution in [1.82, 2.24) is 9.71 Å². The molecule has 0 fully saturated rings. The third-order valence-electron chi connectivity index (χ3n) is 7.42. The summed E-state index contributed by atoms with van der Waals surface area (Å²) in [6.45, 7) is 3.55. The van der Waals surface area contributed by atoms with E-state index in [1.807, 2.05) is 61.5 Å². The molecule has 6 rings (SSSR count). The smallest absolute Gasteiger partial charge is 0.336 e. The first-order chi connectivity index (χ1) is 20.7. The molecular weight excluding hydrogens is 564 g/mol. The summed E-state index contributed by atoms with van der Waals surface area (Å²) in [6.07, 6.45) is 1.79. The number of esters is 1. The summed E-state index contributed by atoms with van der Waals surface area (Å²) in [4.78, 5) is 29.4. The molecule has 2 N–H and O–H groups in total. The highest BCUT2D eigenvalue weighted by atomic mass is 32.2. The van der Waals surface area contributed by atoms with Crippen molar-refractivity contribution in [3.05, 3.63) is 130 Å². The molecule has 0 aliphatic rings. The largest absolute Gasteiger partial charge is 0.425 e. The maximum Gasteiger partial charge on any atom is 0.336 e. The number of benzene rings is 4. The van der Waals surface area contributed by atoms with Crippen LogP contribution in [0.25, 0.3) is 33.0 Å². The van der Waals surface area contributed by atoms with Gasteiger partial charge in [0.15, 0.2) is 0 Å².